The van der Waals surface area contributed by atoms with Crippen molar-refractivity contribution < 1.29 is 14.7 Å². The topological polar surface area (TPSA) is 103 Å². The van der Waals surface area contributed by atoms with Gasteiger partial charge in [-0.05, 0) is 37.4 Å². The first-order chi connectivity index (χ1) is 12.9. The number of H-pyrrole nitrogens is 1. The minimum atomic E-state index is -0.559. The fraction of sp³-hybridized carbons (Fsp3) is 0.316. The molecule has 0 aliphatic carbocycles. The van der Waals surface area contributed by atoms with E-state index in [0.29, 0.717) is 24.5 Å². The normalized spacial score (nSPS) is 11.0. The number of nitrogens with zero attached hydrogens (tertiary/aromatic N) is 3. The molecule has 0 atom stereocenters. The lowest BCUT2D eigenvalue weighted by Gasteiger charge is -2.15. The molecule has 0 aliphatic heterocycles. The summed E-state index contributed by atoms with van der Waals surface area (Å²) in [6.45, 7) is 3.92. The minimum Gasteiger partial charge on any atom is -0.396 e. The predicted octanol–water partition coefficient (Wildman–Crippen LogP) is 2.24. The van der Waals surface area contributed by atoms with E-state index in [0.717, 1.165) is 32.8 Å². The summed E-state index contributed by atoms with van der Waals surface area (Å²) in [4.78, 5) is 32.6. The third kappa shape index (κ3) is 3.85. The Hall–Kier alpha value is -3.13. The SMILES string of the molecule is Cc1ccc2[nH]c(CN(C=O)C(=O)Nc3nc(CCO)n(C)c3C)cc2c1. The number of imide groups is 1. The number of fused-ring (bicyclic) bond motifs is 1. The van der Waals surface area contributed by atoms with Gasteiger partial charge in [0, 0.05) is 24.7 Å². The van der Waals surface area contributed by atoms with Gasteiger partial charge in [0.05, 0.1) is 18.8 Å². The van der Waals surface area contributed by atoms with Gasteiger partial charge in [0.15, 0.2) is 5.82 Å². The molecular formula is C19H23N5O3. The van der Waals surface area contributed by atoms with Gasteiger partial charge in [-0.25, -0.2) is 9.78 Å². The van der Waals surface area contributed by atoms with Crippen LogP contribution in [0.25, 0.3) is 10.9 Å². The Morgan fingerprint density at radius 2 is 2.15 bits per heavy atom. The fourth-order valence-electron chi connectivity index (χ4n) is 2.99. The zero-order valence-corrected chi connectivity index (χ0v) is 15.6. The highest BCUT2D eigenvalue weighted by Crippen LogP contribution is 2.19. The van der Waals surface area contributed by atoms with Crippen molar-refractivity contribution in [2.45, 2.75) is 26.8 Å². The lowest BCUT2D eigenvalue weighted by Crippen LogP contribution is -2.33. The number of aryl methyl sites for hydroxylation is 1. The van der Waals surface area contributed by atoms with Crippen LogP contribution in [-0.2, 0) is 24.8 Å². The highest BCUT2D eigenvalue weighted by atomic mass is 16.3. The van der Waals surface area contributed by atoms with Gasteiger partial charge in [-0.2, -0.15) is 0 Å². The maximum atomic E-state index is 12.5. The number of aliphatic hydroxyl groups excluding tert-OH is 1. The van der Waals surface area contributed by atoms with Crippen molar-refractivity contribution >= 4 is 29.2 Å². The van der Waals surface area contributed by atoms with Crippen molar-refractivity contribution in [3.63, 3.8) is 0 Å². The summed E-state index contributed by atoms with van der Waals surface area (Å²) in [7, 11) is 1.81. The molecule has 3 aromatic rings. The van der Waals surface area contributed by atoms with E-state index in [-0.39, 0.29) is 13.2 Å². The standard InChI is InChI=1S/C19H23N5O3/c1-12-4-5-16-14(8-12)9-15(20-16)10-24(11-26)19(27)22-18-13(2)23(3)17(21-18)6-7-25/h4-5,8-9,11,20,25H,6-7,10H2,1-3H3,(H,22,27). The van der Waals surface area contributed by atoms with E-state index in [2.05, 4.69) is 15.3 Å². The molecule has 0 saturated carbocycles. The molecule has 2 heterocycles. The van der Waals surface area contributed by atoms with E-state index in [9.17, 15) is 9.59 Å². The molecule has 142 valence electrons. The second kappa shape index (κ2) is 7.63. The number of amides is 3. The Kier molecular flexibility index (Phi) is 5.27. The summed E-state index contributed by atoms with van der Waals surface area (Å²) in [6, 6.07) is 7.38. The van der Waals surface area contributed by atoms with E-state index in [4.69, 9.17) is 5.11 Å². The molecule has 0 saturated heterocycles. The Bertz CT molecular complexity index is 989. The highest BCUT2D eigenvalue weighted by molar-refractivity contribution is 5.95. The van der Waals surface area contributed by atoms with Crippen LogP contribution in [-0.4, -0.2) is 43.6 Å². The Morgan fingerprint density at radius 3 is 2.85 bits per heavy atom. The number of rotatable bonds is 6. The molecule has 27 heavy (non-hydrogen) atoms. The Labute approximate surface area is 156 Å². The summed E-state index contributed by atoms with van der Waals surface area (Å²) < 4.78 is 1.80. The zero-order valence-electron chi connectivity index (χ0n) is 15.6. The molecule has 1 aromatic carbocycles. The first-order valence-corrected chi connectivity index (χ1v) is 8.67. The van der Waals surface area contributed by atoms with Crippen molar-refractivity contribution in [3.05, 3.63) is 47.0 Å². The average Bonchev–Trinajstić information content (AvgIpc) is 3.15. The number of hydrogen-bond acceptors (Lipinski definition) is 4. The number of carbonyl (C=O) groups is 2. The summed E-state index contributed by atoms with van der Waals surface area (Å²) in [6.07, 6.45) is 0.887. The fourth-order valence-corrected chi connectivity index (χ4v) is 2.99. The number of imidazole rings is 1. The average molecular weight is 369 g/mol. The number of aliphatic hydroxyl groups is 1. The van der Waals surface area contributed by atoms with Crippen LogP contribution in [0.5, 0.6) is 0 Å². The van der Waals surface area contributed by atoms with Gasteiger partial charge < -0.3 is 14.7 Å². The quantitative estimate of drug-likeness (QED) is 0.580. The zero-order chi connectivity index (χ0) is 19.6. The smallest absolute Gasteiger partial charge is 0.329 e. The Morgan fingerprint density at radius 1 is 1.37 bits per heavy atom. The molecule has 2 aromatic heterocycles. The first kappa shape index (κ1) is 18.7. The van der Waals surface area contributed by atoms with Crippen LogP contribution in [0.3, 0.4) is 0 Å². The second-order valence-electron chi connectivity index (χ2n) is 6.54. The molecular weight excluding hydrogens is 346 g/mol. The molecule has 0 aliphatic rings. The van der Waals surface area contributed by atoms with Crippen molar-refractivity contribution in [2.24, 2.45) is 7.05 Å². The summed E-state index contributed by atoms with van der Waals surface area (Å²) in [5, 5.41) is 12.8. The second-order valence-corrected chi connectivity index (χ2v) is 6.54. The molecule has 8 heteroatoms. The van der Waals surface area contributed by atoms with Gasteiger partial charge in [-0.1, -0.05) is 11.6 Å². The van der Waals surface area contributed by atoms with Crippen LogP contribution in [0.4, 0.5) is 10.6 Å². The van der Waals surface area contributed by atoms with Gasteiger partial charge >= 0.3 is 6.03 Å². The van der Waals surface area contributed by atoms with E-state index < -0.39 is 6.03 Å². The van der Waals surface area contributed by atoms with Crippen LogP contribution in [0, 0.1) is 13.8 Å². The summed E-state index contributed by atoms with van der Waals surface area (Å²) in [5.41, 5.74) is 3.61. The molecule has 3 rings (SSSR count). The van der Waals surface area contributed by atoms with Crippen molar-refractivity contribution in [2.75, 3.05) is 11.9 Å². The monoisotopic (exact) mass is 369 g/mol. The van der Waals surface area contributed by atoms with E-state index in [1.54, 1.807) is 4.57 Å². The third-order valence-corrected chi connectivity index (χ3v) is 4.60. The van der Waals surface area contributed by atoms with Crippen LogP contribution < -0.4 is 5.32 Å². The van der Waals surface area contributed by atoms with Crippen molar-refractivity contribution in [1.29, 1.82) is 0 Å². The molecule has 0 spiro atoms. The minimum absolute atomic E-state index is 0.0298. The number of hydrogen-bond donors (Lipinski definition) is 3. The number of anilines is 1. The van der Waals surface area contributed by atoms with Gasteiger partial charge in [0.2, 0.25) is 6.41 Å². The van der Waals surface area contributed by atoms with Gasteiger partial charge in [0.25, 0.3) is 0 Å². The molecule has 0 fully saturated rings. The third-order valence-electron chi connectivity index (χ3n) is 4.60. The molecule has 0 unspecified atom stereocenters. The molecule has 3 amide bonds. The number of benzene rings is 1. The first-order valence-electron chi connectivity index (χ1n) is 8.67. The van der Waals surface area contributed by atoms with Crippen LogP contribution >= 0.6 is 0 Å². The van der Waals surface area contributed by atoms with Crippen LogP contribution in [0.15, 0.2) is 24.3 Å². The van der Waals surface area contributed by atoms with Crippen molar-refractivity contribution in [1.82, 2.24) is 19.4 Å². The number of aromatic nitrogens is 3. The number of nitrogens with one attached hydrogen (secondary N) is 2. The van der Waals surface area contributed by atoms with Gasteiger partial charge in [-0.3, -0.25) is 15.0 Å². The predicted molar refractivity (Wildman–Crippen MR) is 102 cm³/mol. The molecule has 0 bridgehead atoms. The van der Waals surface area contributed by atoms with E-state index >= 15 is 0 Å². The van der Waals surface area contributed by atoms with Crippen LogP contribution in [0.2, 0.25) is 0 Å². The number of carbonyl (C=O) groups excluding carboxylic acids is 2. The summed E-state index contributed by atoms with van der Waals surface area (Å²) in [5.74, 6) is 1.04. The van der Waals surface area contributed by atoms with E-state index in [1.165, 1.54) is 0 Å². The maximum Gasteiger partial charge on any atom is 0.329 e. The number of urea groups is 1. The lowest BCUT2D eigenvalue weighted by molar-refractivity contribution is -0.115. The molecule has 0 radical (unpaired) electrons. The highest BCUT2D eigenvalue weighted by Gasteiger charge is 2.18. The Balaban J connectivity index is 1.75. The van der Waals surface area contributed by atoms with E-state index in [1.807, 2.05) is 45.2 Å². The lowest BCUT2D eigenvalue weighted by atomic mass is 10.2. The maximum absolute atomic E-state index is 12.5. The summed E-state index contributed by atoms with van der Waals surface area (Å²) >= 11 is 0. The van der Waals surface area contributed by atoms with Crippen LogP contribution in [0.1, 0.15) is 22.8 Å². The number of aromatic amines is 1. The largest absolute Gasteiger partial charge is 0.396 e. The van der Waals surface area contributed by atoms with Gasteiger partial charge in [-0.15, -0.1) is 0 Å². The van der Waals surface area contributed by atoms with Crippen molar-refractivity contribution in [3.8, 4) is 0 Å². The van der Waals surface area contributed by atoms with Gasteiger partial charge in [0.1, 0.15) is 5.82 Å². The molecule has 3 N–H and O–H groups in total. The molecule has 8 nitrogen and oxygen atoms in total.